The van der Waals surface area contributed by atoms with Crippen LogP contribution in [0.2, 0.25) is 5.02 Å². The van der Waals surface area contributed by atoms with Crippen LogP contribution in [0.15, 0.2) is 90.5 Å². The summed E-state index contributed by atoms with van der Waals surface area (Å²) in [6.45, 7) is 0. The fourth-order valence-corrected chi connectivity index (χ4v) is 3.25. The SMILES string of the molecule is O=CNc1cccc(Nc2ccncc2N(N=O)c2ccc(Oc3ccc(Cl)c(F)c3)cc2)c1. The van der Waals surface area contributed by atoms with Crippen LogP contribution in [0.3, 0.4) is 0 Å². The predicted octanol–water partition coefficient (Wildman–Crippen LogP) is 6.80. The van der Waals surface area contributed by atoms with Gasteiger partial charge in [-0.15, -0.1) is 4.91 Å². The molecule has 0 aliphatic rings. The lowest BCUT2D eigenvalue weighted by Crippen LogP contribution is -2.10. The van der Waals surface area contributed by atoms with E-state index in [1.54, 1.807) is 60.8 Å². The van der Waals surface area contributed by atoms with Crippen LogP contribution in [0.4, 0.5) is 32.8 Å². The van der Waals surface area contributed by atoms with Crippen LogP contribution in [-0.2, 0) is 4.79 Å². The number of aromatic nitrogens is 1. The van der Waals surface area contributed by atoms with Gasteiger partial charge in [0.2, 0.25) is 6.41 Å². The molecule has 0 fully saturated rings. The Balaban J connectivity index is 1.56. The summed E-state index contributed by atoms with van der Waals surface area (Å²) >= 11 is 5.70. The first-order valence-corrected chi connectivity index (χ1v) is 10.3. The van der Waals surface area contributed by atoms with Gasteiger partial charge in [0, 0.05) is 23.6 Å². The highest BCUT2D eigenvalue weighted by molar-refractivity contribution is 6.30. The number of amides is 1. The van der Waals surface area contributed by atoms with Gasteiger partial charge in [0.15, 0.2) is 0 Å². The van der Waals surface area contributed by atoms with Gasteiger partial charge in [0.25, 0.3) is 0 Å². The lowest BCUT2D eigenvalue weighted by Gasteiger charge is -2.19. The number of halogens is 2. The molecule has 0 saturated carbocycles. The molecule has 0 saturated heterocycles. The van der Waals surface area contributed by atoms with Crippen molar-refractivity contribution in [1.29, 1.82) is 0 Å². The molecule has 0 spiro atoms. The Morgan fingerprint density at radius 2 is 1.76 bits per heavy atom. The lowest BCUT2D eigenvalue weighted by atomic mass is 10.2. The summed E-state index contributed by atoms with van der Waals surface area (Å²) in [6, 6.07) is 19.4. The van der Waals surface area contributed by atoms with Gasteiger partial charge in [-0.1, -0.05) is 17.7 Å². The zero-order valence-electron chi connectivity index (χ0n) is 17.5. The van der Waals surface area contributed by atoms with E-state index in [4.69, 9.17) is 16.3 Å². The molecule has 0 atom stereocenters. The second-order valence-corrected chi connectivity index (χ2v) is 7.33. The Kier molecular flexibility index (Phi) is 6.95. The average Bonchev–Trinajstić information content (AvgIpc) is 2.84. The summed E-state index contributed by atoms with van der Waals surface area (Å²) in [5.41, 5.74) is 2.72. The molecule has 0 unspecified atom stereocenters. The van der Waals surface area contributed by atoms with Crippen molar-refractivity contribution in [3.8, 4) is 11.5 Å². The zero-order chi connectivity index (χ0) is 23.9. The standard InChI is InChI=1S/C24H17ClFN5O3/c25-21-9-8-20(13-22(21)26)34-19-6-4-18(5-7-19)31(30-33)24-14-27-11-10-23(24)29-17-3-1-2-16(12-17)28-15-32/h1-15H,(H,27,29)(H,28,32). The van der Waals surface area contributed by atoms with Crippen molar-refractivity contribution < 1.29 is 13.9 Å². The number of rotatable bonds is 9. The summed E-state index contributed by atoms with van der Waals surface area (Å²) in [6.07, 6.45) is 3.66. The summed E-state index contributed by atoms with van der Waals surface area (Å²) in [7, 11) is 0. The van der Waals surface area contributed by atoms with Gasteiger partial charge in [0.1, 0.15) is 23.0 Å². The summed E-state index contributed by atoms with van der Waals surface area (Å²) in [5.74, 6) is 0.126. The Bertz CT molecular complexity index is 1320. The first kappa shape index (κ1) is 22.7. The van der Waals surface area contributed by atoms with E-state index in [2.05, 4.69) is 20.9 Å². The molecule has 1 heterocycles. The summed E-state index contributed by atoms with van der Waals surface area (Å²) in [4.78, 5) is 26.6. The van der Waals surface area contributed by atoms with Crippen LogP contribution in [0, 0.1) is 10.7 Å². The minimum absolute atomic E-state index is 0.00279. The molecule has 4 aromatic rings. The fourth-order valence-electron chi connectivity index (χ4n) is 3.13. The van der Waals surface area contributed by atoms with Crippen molar-refractivity contribution in [3.63, 3.8) is 0 Å². The van der Waals surface area contributed by atoms with E-state index in [0.29, 0.717) is 40.6 Å². The topological polar surface area (TPSA) is 95.9 Å². The number of pyridine rings is 1. The number of nitrogens with zero attached hydrogens (tertiary/aromatic N) is 3. The van der Waals surface area contributed by atoms with E-state index in [-0.39, 0.29) is 10.8 Å². The molecule has 0 bridgehead atoms. The van der Waals surface area contributed by atoms with Gasteiger partial charge in [0.05, 0.1) is 27.9 Å². The third-order valence-electron chi connectivity index (χ3n) is 4.69. The van der Waals surface area contributed by atoms with Crippen molar-refractivity contribution >= 4 is 46.4 Å². The van der Waals surface area contributed by atoms with Crippen molar-refractivity contribution in [1.82, 2.24) is 4.98 Å². The Labute approximate surface area is 198 Å². The predicted molar refractivity (Wildman–Crippen MR) is 130 cm³/mol. The number of nitroso groups, excluding NO2 is 1. The fraction of sp³-hybridized carbons (Fsp3) is 0. The van der Waals surface area contributed by atoms with Gasteiger partial charge < -0.3 is 15.4 Å². The first-order chi connectivity index (χ1) is 16.6. The molecule has 2 N–H and O–H groups in total. The van der Waals surface area contributed by atoms with Crippen LogP contribution in [0.5, 0.6) is 11.5 Å². The van der Waals surface area contributed by atoms with Gasteiger partial charge in [-0.3, -0.25) is 9.78 Å². The molecule has 170 valence electrons. The molecule has 10 heteroatoms. The van der Waals surface area contributed by atoms with E-state index < -0.39 is 5.82 Å². The number of hydrogen-bond acceptors (Lipinski definition) is 6. The molecular formula is C24H17ClFN5O3. The highest BCUT2D eigenvalue weighted by Crippen LogP contribution is 2.35. The van der Waals surface area contributed by atoms with Crippen molar-refractivity contribution in [3.05, 3.63) is 101 Å². The maximum Gasteiger partial charge on any atom is 0.211 e. The van der Waals surface area contributed by atoms with Crippen LogP contribution in [0.25, 0.3) is 0 Å². The first-order valence-electron chi connectivity index (χ1n) is 9.95. The molecule has 0 radical (unpaired) electrons. The molecule has 8 nitrogen and oxygen atoms in total. The smallest absolute Gasteiger partial charge is 0.211 e. The molecule has 4 rings (SSSR count). The van der Waals surface area contributed by atoms with Crippen LogP contribution < -0.4 is 20.4 Å². The largest absolute Gasteiger partial charge is 0.457 e. The maximum absolute atomic E-state index is 13.6. The van der Waals surface area contributed by atoms with E-state index in [1.165, 1.54) is 23.3 Å². The summed E-state index contributed by atoms with van der Waals surface area (Å²) in [5, 5.41) is 10.1. The second kappa shape index (κ2) is 10.4. The number of benzene rings is 3. The van der Waals surface area contributed by atoms with Gasteiger partial charge in [-0.2, -0.15) is 5.01 Å². The van der Waals surface area contributed by atoms with Gasteiger partial charge in [-0.05, 0) is 60.7 Å². The Morgan fingerprint density at radius 3 is 2.50 bits per heavy atom. The molecule has 0 aliphatic heterocycles. The second-order valence-electron chi connectivity index (χ2n) is 6.93. The maximum atomic E-state index is 13.6. The van der Waals surface area contributed by atoms with E-state index >= 15 is 0 Å². The van der Waals surface area contributed by atoms with Crippen molar-refractivity contribution in [2.45, 2.75) is 0 Å². The molecule has 3 aromatic carbocycles. The van der Waals surface area contributed by atoms with Crippen LogP contribution >= 0.6 is 11.6 Å². The van der Waals surface area contributed by atoms with Gasteiger partial charge in [-0.25, -0.2) is 4.39 Å². The van der Waals surface area contributed by atoms with Crippen LogP contribution in [-0.4, -0.2) is 11.4 Å². The minimum atomic E-state index is -0.587. The van der Waals surface area contributed by atoms with E-state index in [9.17, 15) is 14.1 Å². The van der Waals surface area contributed by atoms with Crippen molar-refractivity contribution in [2.24, 2.45) is 5.29 Å². The third kappa shape index (κ3) is 5.28. The molecule has 1 aromatic heterocycles. The summed E-state index contributed by atoms with van der Waals surface area (Å²) < 4.78 is 19.3. The number of ether oxygens (including phenoxy) is 1. The number of carbonyl (C=O) groups excluding carboxylic acids is 1. The number of nitrogens with one attached hydrogen (secondary N) is 2. The molecule has 34 heavy (non-hydrogen) atoms. The van der Waals surface area contributed by atoms with Gasteiger partial charge >= 0.3 is 0 Å². The van der Waals surface area contributed by atoms with E-state index in [0.717, 1.165) is 0 Å². The normalized spacial score (nSPS) is 10.3. The Hall–Kier alpha value is -4.50. The quantitative estimate of drug-likeness (QED) is 0.156. The third-order valence-corrected chi connectivity index (χ3v) is 4.99. The number of carbonyl (C=O) groups is 1. The minimum Gasteiger partial charge on any atom is -0.457 e. The molecule has 0 aliphatic carbocycles. The van der Waals surface area contributed by atoms with E-state index in [1.807, 2.05) is 6.07 Å². The van der Waals surface area contributed by atoms with Crippen LogP contribution in [0.1, 0.15) is 0 Å². The average molecular weight is 478 g/mol. The Morgan fingerprint density at radius 1 is 1.00 bits per heavy atom. The number of hydrogen-bond donors (Lipinski definition) is 2. The van der Waals surface area contributed by atoms with Crippen molar-refractivity contribution in [2.75, 3.05) is 15.6 Å². The molecule has 1 amide bonds. The zero-order valence-corrected chi connectivity index (χ0v) is 18.2. The monoisotopic (exact) mass is 477 g/mol. The highest BCUT2D eigenvalue weighted by atomic mass is 35.5. The lowest BCUT2D eigenvalue weighted by molar-refractivity contribution is -0.105. The highest BCUT2D eigenvalue weighted by Gasteiger charge is 2.15. The molecular weight excluding hydrogens is 461 g/mol. The number of anilines is 5.